The zero-order valence-corrected chi connectivity index (χ0v) is 17.5. The third kappa shape index (κ3) is 6.15. The van der Waals surface area contributed by atoms with Gasteiger partial charge in [0.05, 0.1) is 6.26 Å². The Balaban J connectivity index is 1.65. The first-order valence-corrected chi connectivity index (χ1v) is 10.1. The summed E-state index contributed by atoms with van der Waals surface area (Å²) in [4.78, 5) is 37.5. The maximum atomic E-state index is 12.7. The Bertz CT molecular complexity index is 1010. The van der Waals surface area contributed by atoms with Crippen molar-refractivity contribution < 1.29 is 23.5 Å². The lowest BCUT2D eigenvalue weighted by molar-refractivity contribution is -0.144. The number of rotatable bonds is 9. The Morgan fingerprint density at radius 3 is 2.26 bits per heavy atom. The fourth-order valence-electron chi connectivity index (χ4n) is 3.05. The highest BCUT2D eigenvalue weighted by atomic mass is 16.5. The molecule has 0 spiro atoms. The highest BCUT2D eigenvalue weighted by molar-refractivity contribution is 5.99. The highest BCUT2D eigenvalue weighted by Gasteiger charge is 2.25. The van der Waals surface area contributed by atoms with E-state index in [1.54, 1.807) is 18.2 Å². The van der Waals surface area contributed by atoms with Gasteiger partial charge in [-0.1, -0.05) is 68.4 Å². The number of Topliss-reactive ketones (excluding diaryl/α,β-unsaturated/α-hetero) is 1. The van der Waals surface area contributed by atoms with E-state index in [0.29, 0.717) is 11.5 Å². The number of hydrogen-bond acceptors (Lipinski definition) is 5. The van der Waals surface area contributed by atoms with E-state index in [0.717, 1.165) is 11.1 Å². The molecule has 1 atom stereocenters. The van der Waals surface area contributed by atoms with Gasteiger partial charge in [0.2, 0.25) is 0 Å². The number of ketones is 1. The average Bonchev–Trinajstić information content (AvgIpc) is 3.32. The quantitative estimate of drug-likeness (QED) is 0.416. The maximum absolute atomic E-state index is 12.7. The van der Waals surface area contributed by atoms with Crippen LogP contribution in [0.1, 0.15) is 51.8 Å². The molecule has 1 aromatic heterocycles. The molecule has 6 heteroatoms. The SMILES string of the molecule is CC(C)c1ccc(C(=O)COC(=O)C(Cc2ccccc2)NC(=O)c2ccco2)cc1. The molecule has 3 aromatic rings. The number of carbonyl (C=O) groups excluding carboxylic acids is 3. The fraction of sp³-hybridized carbons (Fsp3) is 0.240. The van der Waals surface area contributed by atoms with Gasteiger partial charge >= 0.3 is 5.97 Å². The Labute approximate surface area is 181 Å². The van der Waals surface area contributed by atoms with Gasteiger partial charge in [0.25, 0.3) is 5.91 Å². The zero-order chi connectivity index (χ0) is 22.2. The number of hydrogen-bond donors (Lipinski definition) is 1. The summed E-state index contributed by atoms with van der Waals surface area (Å²) in [6.45, 7) is 3.74. The molecular formula is C25H25NO5. The second-order valence-electron chi connectivity index (χ2n) is 7.50. The molecule has 1 unspecified atom stereocenters. The van der Waals surface area contributed by atoms with Gasteiger partial charge in [0.1, 0.15) is 6.04 Å². The average molecular weight is 419 g/mol. The summed E-state index contributed by atoms with van der Waals surface area (Å²) in [5.41, 5.74) is 2.44. The van der Waals surface area contributed by atoms with Gasteiger partial charge in [-0.2, -0.15) is 0 Å². The van der Waals surface area contributed by atoms with Gasteiger partial charge in [-0.05, 0) is 29.2 Å². The van der Waals surface area contributed by atoms with Crippen LogP contribution in [0.4, 0.5) is 0 Å². The number of ether oxygens (including phenoxy) is 1. The van der Waals surface area contributed by atoms with E-state index in [1.807, 2.05) is 42.5 Å². The predicted molar refractivity (Wildman–Crippen MR) is 116 cm³/mol. The van der Waals surface area contributed by atoms with E-state index in [2.05, 4.69) is 19.2 Å². The zero-order valence-electron chi connectivity index (χ0n) is 17.5. The van der Waals surface area contributed by atoms with Crippen LogP contribution in [-0.4, -0.2) is 30.3 Å². The minimum atomic E-state index is -0.962. The Morgan fingerprint density at radius 1 is 0.935 bits per heavy atom. The minimum Gasteiger partial charge on any atom is -0.459 e. The monoisotopic (exact) mass is 419 g/mol. The van der Waals surface area contributed by atoms with Crippen LogP contribution < -0.4 is 5.32 Å². The normalized spacial score (nSPS) is 11.7. The lowest BCUT2D eigenvalue weighted by Gasteiger charge is -2.17. The second-order valence-corrected chi connectivity index (χ2v) is 7.50. The third-order valence-electron chi connectivity index (χ3n) is 4.86. The Kier molecular flexibility index (Phi) is 7.38. The van der Waals surface area contributed by atoms with E-state index in [9.17, 15) is 14.4 Å². The van der Waals surface area contributed by atoms with Crippen LogP contribution in [0.15, 0.2) is 77.4 Å². The standard InChI is InChI=1S/C25H25NO5/c1-17(2)19-10-12-20(13-11-19)22(27)16-31-25(29)21(15-18-7-4-3-5-8-18)26-24(28)23-9-6-14-30-23/h3-14,17,21H,15-16H2,1-2H3,(H,26,28). The molecule has 0 saturated carbocycles. The van der Waals surface area contributed by atoms with Crippen molar-refractivity contribution in [1.82, 2.24) is 5.32 Å². The van der Waals surface area contributed by atoms with Crippen molar-refractivity contribution >= 4 is 17.7 Å². The first-order chi connectivity index (χ1) is 14.9. The van der Waals surface area contributed by atoms with Crippen molar-refractivity contribution in [1.29, 1.82) is 0 Å². The Morgan fingerprint density at radius 2 is 1.65 bits per heavy atom. The molecule has 31 heavy (non-hydrogen) atoms. The van der Waals surface area contributed by atoms with Crippen molar-refractivity contribution in [2.24, 2.45) is 0 Å². The maximum Gasteiger partial charge on any atom is 0.329 e. The first-order valence-electron chi connectivity index (χ1n) is 10.1. The van der Waals surface area contributed by atoms with Crippen LogP contribution in [0.25, 0.3) is 0 Å². The molecule has 0 radical (unpaired) electrons. The largest absolute Gasteiger partial charge is 0.459 e. The number of furan rings is 1. The smallest absolute Gasteiger partial charge is 0.329 e. The third-order valence-corrected chi connectivity index (χ3v) is 4.86. The van der Waals surface area contributed by atoms with Crippen molar-refractivity contribution in [2.75, 3.05) is 6.61 Å². The van der Waals surface area contributed by atoms with Gasteiger partial charge < -0.3 is 14.5 Å². The van der Waals surface area contributed by atoms with E-state index in [1.165, 1.54) is 12.3 Å². The van der Waals surface area contributed by atoms with Gasteiger partial charge in [0, 0.05) is 12.0 Å². The molecule has 0 saturated heterocycles. The number of amides is 1. The lowest BCUT2D eigenvalue weighted by atomic mass is 10.0. The van der Waals surface area contributed by atoms with Gasteiger partial charge in [-0.3, -0.25) is 9.59 Å². The molecule has 3 rings (SSSR count). The van der Waals surface area contributed by atoms with Crippen LogP contribution in [-0.2, 0) is 16.0 Å². The molecule has 0 aliphatic carbocycles. The summed E-state index contributed by atoms with van der Waals surface area (Å²) in [6.07, 6.45) is 1.60. The van der Waals surface area contributed by atoms with Crippen molar-refractivity contribution in [3.05, 3.63) is 95.4 Å². The van der Waals surface area contributed by atoms with Crippen LogP contribution in [0, 0.1) is 0 Å². The lowest BCUT2D eigenvalue weighted by Crippen LogP contribution is -2.43. The fourth-order valence-corrected chi connectivity index (χ4v) is 3.05. The van der Waals surface area contributed by atoms with Crippen LogP contribution >= 0.6 is 0 Å². The predicted octanol–water partition coefficient (Wildman–Crippen LogP) is 4.17. The molecule has 6 nitrogen and oxygen atoms in total. The Hall–Kier alpha value is -3.67. The van der Waals surface area contributed by atoms with Crippen molar-refractivity contribution in [3.8, 4) is 0 Å². The molecule has 0 aliphatic heterocycles. The number of benzene rings is 2. The summed E-state index contributed by atoms with van der Waals surface area (Å²) in [7, 11) is 0. The van der Waals surface area contributed by atoms with Gasteiger partial charge in [0.15, 0.2) is 18.2 Å². The molecule has 2 aromatic carbocycles. The summed E-state index contributed by atoms with van der Waals surface area (Å²) in [5, 5.41) is 2.63. The van der Waals surface area contributed by atoms with Gasteiger partial charge in [-0.15, -0.1) is 0 Å². The molecule has 1 N–H and O–H groups in total. The summed E-state index contributed by atoms with van der Waals surface area (Å²) < 4.78 is 10.3. The molecule has 0 aliphatic rings. The summed E-state index contributed by atoms with van der Waals surface area (Å²) in [6, 6.07) is 18.6. The summed E-state index contributed by atoms with van der Waals surface area (Å²) >= 11 is 0. The first kappa shape index (κ1) is 22.0. The van der Waals surface area contributed by atoms with E-state index < -0.39 is 24.5 Å². The van der Waals surface area contributed by atoms with Crippen molar-refractivity contribution in [2.45, 2.75) is 32.2 Å². The number of carbonyl (C=O) groups is 3. The topological polar surface area (TPSA) is 85.6 Å². The van der Waals surface area contributed by atoms with Crippen LogP contribution in [0.5, 0.6) is 0 Å². The van der Waals surface area contributed by atoms with Crippen LogP contribution in [0.2, 0.25) is 0 Å². The van der Waals surface area contributed by atoms with E-state index in [-0.39, 0.29) is 18.0 Å². The molecule has 1 heterocycles. The molecule has 160 valence electrons. The van der Waals surface area contributed by atoms with Crippen molar-refractivity contribution in [3.63, 3.8) is 0 Å². The van der Waals surface area contributed by atoms with E-state index in [4.69, 9.17) is 9.15 Å². The van der Waals surface area contributed by atoms with Crippen LogP contribution in [0.3, 0.4) is 0 Å². The molecule has 0 fully saturated rings. The number of esters is 1. The summed E-state index contributed by atoms with van der Waals surface area (Å²) in [5.74, 6) is -1.07. The molecule has 0 bridgehead atoms. The molecular weight excluding hydrogens is 394 g/mol. The number of nitrogens with one attached hydrogen (secondary N) is 1. The second kappa shape index (κ2) is 10.4. The van der Waals surface area contributed by atoms with Gasteiger partial charge in [-0.25, -0.2) is 4.79 Å². The van der Waals surface area contributed by atoms with E-state index >= 15 is 0 Å². The molecule has 1 amide bonds. The minimum absolute atomic E-state index is 0.0900. The highest BCUT2D eigenvalue weighted by Crippen LogP contribution is 2.15.